The topological polar surface area (TPSA) is 69.5 Å². The quantitative estimate of drug-likeness (QED) is 0.311. The van der Waals surface area contributed by atoms with Crippen molar-refractivity contribution in [2.75, 3.05) is 14.2 Å². The minimum absolute atomic E-state index is 0.0613. The summed E-state index contributed by atoms with van der Waals surface area (Å²) in [6.45, 7) is 5.86. The van der Waals surface area contributed by atoms with Crippen molar-refractivity contribution in [3.63, 3.8) is 0 Å². The largest absolute Gasteiger partial charge is 0.464 e. The number of hydrogen-bond acceptors (Lipinski definition) is 6. The van der Waals surface area contributed by atoms with E-state index in [1.54, 1.807) is 6.07 Å². The molecule has 0 aliphatic rings. The van der Waals surface area contributed by atoms with Crippen LogP contribution in [0.3, 0.4) is 0 Å². The van der Waals surface area contributed by atoms with Gasteiger partial charge < -0.3 is 14.4 Å². The van der Waals surface area contributed by atoms with E-state index in [1.165, 1.54) is 14.2 Å². The van der Waals surface area contributed by atoms with E-state index in [4.69, 9.17) is 20.8 Å². The number of carbonyl (C=O) groups excluding carboxylic acids is 1. The lowest BCUT2D eigenvalue weighted by molar-refractivity contribution is -0.132. The number of carbonyl (C=O) groups is 1. The zero-order valence-electron chi connectivity index (χ0n) is 17.3. The Morgan fingerprint density at radius 1 is 1.10 bits per heavy atom. The van der Waals surface area contributed by atoms with Gasteiger partial charge >= 0.3 is 5.97 Å². The Labute approximate surface area is 171 Å². The Morgan fingerprint density at radius 2 is 1.86 bits per heavy atom. The fourth-order valence-corrected chi connectivity index (χ4v) is 2.84. The molecule has 0 radical (unpaired) electrons. The lowest BCUT2D eigenvalue weighted by atomic mass is 9.99. The second-order valence-electron chi connectivity index (χ2n) is 6.36. The molecule has 6 heteroatoms. The highest BCUT2D eigenvalue weighted by Gasteiger charge is 2.20. The molecule has 150 valence electrons. The molecule has 0 aliphatic carbocycles. The second-order valence-corrected chi connectivity index (χ2v) is 6.36. The summed E-state index contributed by atoms with van der Waals surface area (Å²) in [5.74, 6) is 2.07. The number of esters is 1. The van der Waals surface area contributed by atoms with E-state index in [0.29, 0.717) is 11.3 Å². The smallest absolute Gasteiger partial charge is 0.360 e. The van der Waals surface area contributed by atoms with Gasteiger partial charge in [-0.1, -0.05) is 46.6 Å². The molecule has 2 aromatic carbocycles. The number of benzene rings is 2. The molecule has 0 saturated carbocycles. The first-order chi connectivity index (χ1) is 13.9. The summed E-state index contributed by atoms with van der Waals surface area (Å²) in [6.07, 6.45) is 5.61. The fraction of sp³-hybridized carbons (Fsp3) is 0.261. The van der Waals surface area contributed by atoms with Crippen LogP contribution in [0.2, 0.25) is 0 Å². The lowest BCUT2D eigenvalue weighted by Crippen LogP contribution is -2.20. The van der Waals surface area contributed by atoms with Crippen molar-refractivity contribution < 1.29 is 19.2 Å². The molecule has 0 heterocycles. The molecule has 0 fully saturated rings. The molecule has 0 spiro atoms. The number of ether oxygens (including phenoxy) is 1. The predicted molar refractivity (Wildman–Crippen MR) is 113 cm³/mol. The van der Waals surface area contributed by atoms with Crippen molar-refractivity contribution in [2.45, 2.75) is 27.4 Å². The molecule has 29 heavy (non-hydrogen) atoms. The molecule has 0 aromatic heterocycles. The number of oxime groups is 2. The van der Waals surface area contributed by atoms with Crippen LogP contribution in [0.1, 0.15) is 40.3 Å². The summed E-state index contributed by atoms with van der Waals surface area (Å²) in [5.41, 5.74) is 5.62. The van der Waals surface area contributed by atoms with E-state index < -0.39 is 5.97 Å². The van der Waals surface area contributed by atoms with Gasteiger partial charge in [-0.05, 0) is 38.0 Å². The summed E-state index contributed by atoms with van der Waals surface area (Å²) >= 11 is 0. The molecule has 0 unspecified atom stereocenters. The van der Waals surface area contributed by atoms with Crippen LogP contribution in [0.15, 0.2) is 46.7 Å². The molecule has 0 saturated heterocycles. The van der Waals surface area contributed by atoms with Gasteiger partial charge in [0, 0.05) is 22.3 Å². The van der Waals surface area contributed by atoms with Crippen molar-refractivity contribution >= 4 is 17.4 Å². The molecular weight excluding hydrogens is 368 g/mol. The number of hydrogen-bond donors (Lipinski definition) is 0. The van der Waals surface area contributed by atoms with Crippen LogP contribution in [0.25, 0.3) is 0 Å². The first-order valence-corrected chi connectivity index (χ1v) is 8.95. The van der Waals surface area contributed by atoms with Gasteiger partial charge in [0.2, 0.25) is 0 Å². The van der Waals surface area contributed by atoms with Gasteiger partial charge in [0.15, 0.2) is 5.71 Å². The van der Waals surface area contributed by atoms with Gasteiger partial charge in [-0.15, -0.1) is 6.42 Å². The molecule has 0 amide bonds. The summed E-state index contributed by atoms with van der Waals surface area (Å²) in [7, 11) is 2.66. The monoisotopic (exact) mass is 392 g/mol. The van der Waals surface area contributed by atoms with Gasteiger partial charge in [-0.2, -0.15) is 0 Å². The Hall–Kier alpha value is -3.59. The van der Waals surface area contributed by atoms with Crippen molar-refractivity contribution in [1.82, 2.24) is 0 Å². The van der Waals surface area contributed by atoms with Crippen molar-refractivity contribution in [2.24, 2.45) is 10.3 Å². The van der Waals surface area contributed by atoms with E-state index in [0.717, 1.165) is 27.8 Å². The highest BCUT2D eigenvalue weighted by atomic mass is 16.6. The zero-order valence-corrected chi connectivity index (χ0v) is 17.3. The van der Waals surface area contributed by atoms with Crippen LogP contribution >= 0.6 is 0 Å². The van der Waals surface area contributed by atoms with Gasteiger partial charge in [0.1, 0.15) is 13.7 Å². The SMILES string of the molecule is C#Cc1cc(C)ccc1/C(C)=N/OCc1c(C)cccc1/C(=N\OC)C(=O)OC. The summed E-state index contributed by atoms with van der Waals surface area (Å²) in [6, 6.07) is 11.3. The van der Waals surface area contributed by atoms with Crippen LogP contribution in [-0.4, -0.2) is 31.6 Å². The molecule has 2 rings (SSSR count). The average Bonchev–Trinajstić information content (AvgIpc) is 2.72. The number of rotatable bonds is 7. The maximum Gasteiger partial charge on any atom is 0.360 e. The van der Waals surface area contributed by atoms with E-state index in [2.05, 4.69) is 16.2 Å². The van der Waals surface area contributed by atoms with Crippen LogP contribution < -0.4 is 0 Å². The van der Waals surface area contributed by atoms with E-state index in [1.807, 2.05) is 51.1 Å². The molecule has 2 aromatic rings. The molecule has 0 atom stereocenters. The number of aryl methyl sites for hydroxylation is 2. The summed E-state index contributed by atoms with van der Waals surface area (Å²) < 4.78 is 4.81. The second kappa shape index (κ2) is 10.1. The van der Waals surface area contributed by atoms with Crippen LogP contribution in [0.5, 0.6) is 0 Å². The number of nitrogens with zero attached hydrogens (tertiary/aromatic N) is 2. The first kappa shape index (κ1) is 21.7. The molecule has 0 aliphatic heterocycles. The van der Waals surface area contributed by atoms with Crippen molar-refractivity contribution in [3.8, 4) is 12.3 Å². The molecular formula is C23H24N2O4. The van der Waals surface area contributed by atoms with Gasteiger partial charge in [0.25, 0.3) is 0 Å². The fourth-order valence-electron chi connectivity index (χ4n) is 2.84. The third-order valence-electron chi connectivity index (χ3n) is 4.36. The standard InChI is InChI=1S/C23H24N2O4/c1-7-18-13-15(2)11-12-19(18)17(4)24-29-14-21-16(3)9-8-10-20(21)22(25-28-6)23(26)27-5/h1,8-13H,14H2,2-6H3/b24-17+,25-22+. The lowest BCUT2D eigenvalue weighted by Gasteiger charge is -2.13. The van der Waals surface area contributed by atoms with Gasteiger partial charge in [-0.3, -0.25) is 0 Å². The van der Waals surface area contributed by atoms with Crippen LogP contribution in [0, 0.1) is 26.2 Å². The highest BCUT2D eigenvalue weighted by Crippen LogP contribution is 2.19. The van der Waals surface area contributed by atoms with E-state index in [-0.39, 0.29) is 12.3 Å². The first-order valence-electron chi connectivity index (χ1n) is 8.95. The minimum Gasteiger partial charge on any atom is -0.464 e. The third-order valence-corrected chi connectivity index (χ3v) is 4.36. The number of methoxy groups -OCH3 is 1. The molecule has 6 nitrogen and oxygen atoms in total. The molecule has 0 N–H and O–H groups in total. The maximum absolute atomic E-state index is 12.1. The van der Waals surface area contributed by atoms with Gasteiger partial charge in [0.05, 0.1) is 12.8 Å². The van der Waals surface area contributed by atoms with E-state index in [9.17, 15) is 4.79 Å². The highest BCUT2D eigenvalue weighted by molar-refractivity contribution is 6.43. The maximum atomic E-state index is 12.1. The Morgan fingerprint density at radius 3 is 2.52 bits per heavy atom. The Kier molecular flexibility index (Phi) is 7.55. The third kappa shape index (κ3) is 5.23. The number of terminal acetylenes is 1. The average molecular weight is 392 g/mol. The van der Waals surface area contributed by atoms with Crippen molar-refractivity contribution in [1.29, 1.82) is 0 Å². The van der Waals surface area contributed by atoms with Crippen LogP contribution in [-0.2, 0) is 25.8 Å². The van der Waals surface area contributed by atoms with Crippen molar-refractivity contribution in [3.05, 3.63) is 69.8 Å². The Bertz CT molecular complexity index is 1000. The summed E-state index contributed by atoms with van der Waals surface area (Å²) in [4.78, 5) is 22.5. The Balaban J connectivity index is 2.32. The normalized spacial score (nSPS) is 11.6. The minimum atomic E-state index is -0.600. The molecule has 0 bridgehead atoms. The summed E-state index contributed by atoms with van der Waals surface area (Å²) in [5, 5.41) is 8.03. The predicted octanol–water partition coefficient (Wildman–Crippen LogP) is 3.75. The van der Waals surface area contributed by atoms with Crippen LogP contribution in [0.4, 0.5) is 0 Å². The zero-order chi connectivity index (χ0) is 21.4. The van der Waals surface area contributed by atoms with E-state index >= 15 is 0 Å². The van der Waals surface area contributed by atoms with Gasteiger partial charge in [-0.25, -0.2) is 4.79 Å².